The van der Waals surface area contributed by atoms with Crippen LogP contribution >= 0.6 is 12.4 Å². The molecular formula is C23H21ClF2N6O2. The number of H-pyrrole nitrogens is 1. The second-order valence-electron chi connectivity index (χ2n) is 8.11. The van der Waals surface area contributed by atoms with Gasteiger partial charge in [0.15, 0.2) is 11.6 Å². The van der Waals surface area contributed by atoms with Crippen LogP contribution in [-0.2, 0) is 0 Å². The lowest BCUT2D eigenvalue weighted by Gasteiger charge is -2.30. The predicted molar refractivity (Wildman–Crippen MR) is 125 cm³/mol. The number of nitrogens with zero attached hydrogens (tertiary/aromatic N) is 4. The lowest BCUT2D eigenvalue weighted by Crippen LogP contribution is -2.45. The number of hydrogen-bond donors (Lipinski definition) is 2. The van der Waals surface area contributed by atoms with Crippen molar-refractivity contribution in [3.63, 3.8) is 0 Å². The number of pyridine rings is 1. The summed E-state index contributed by atoms with van der Waals surface area (Å²) in [5.74, 6) is -2.12. The van der Waals surface area contributed by atoms with Gasteiger partial charge in [0.25, 0.3) is 11.5 Å². The van der Waals surface area contributed by atoms with E-state index < -0.39 is 17.2 Å². The van der Waals surface area contributed by atoms with Crippen LogP contribution in [0.1, 0.15) is 23.2 Å². The van der Waals surface area contributed by atoms with Crippen LogP contribution in [0.5, 0.6) is 0 Å². The molecule has 1 saturated heterocycles. The zero-order valence-electron chi connectivity index (χ0n) is 17.9. The number of aromatic nitrogens is 4. The van der Waals surface area contributed by atoms with E-state index >= 15 is 0 Å². The van der Waals surface area contributed by atoms with Gasteiger partial charge >= 0.3 is 0 Å². The van der Waals surface area contributed by atoms with Crippen LogP contribution in [-0.4, -0.2) is 49.9 Å². The summed E-state index contributed by atoms with van der Waals surface area (Å²) < 4.78 is 28.5. The van der Waals surface area contributed by atoms with Gasteiger partial charge in [0.1, 0.15) is 5.69 Å². The van der Waals surface area contributed by atoms with Crippen molar-refractivity contribution in [3.8, 4) is 16.9 Å². The number of likely N-dealkylation sites (tertiary alicyclic amines) is 1. The molecule has 1 aliphatic heterocycles. The molecule has 0 saturated carbocycles. The van der Waals surface area contributed by atoms with Crippen LogP contribution in [0.3, 0.4) is 0 Å². The number of aromatic amines is 1. The summed E-state index contributed by atoms with van der Waals surface area (Å²) in [6.45, 7) is 1.24. The molecule has 0 spiro atoms. The molecule has 176 valence electrons. The van der Waals surface area contributed by atoms with Crippen molar-refractivity contribution < 1.29 is 13.6 Å². The Morgan fingerprint density at radius 1 is 1.12 bits per heavy atom. The molecule has 2 aromatic heterocycles. The summed E-state index contributed by atoms with van der Waals surface area (Å²) in [6, 6.07) is 10.3. The molecule has 1 fully saturated rings. The number of benzene rings is 2. The fourth-order valence-electron chi connectivity index (χ4n) is 4.04. The first-order valence-corrected chi connectivity index (χ1v) is 10.5. The standard InChI is InChI=1S/C23H20F2N6O2.ClH/c24-18-9-14-8-17(22(32)27-20(14)10-19(18)25)21-12-31(29-28-21)16-5-3-13(4-6-16)23(33)30-7-1-2-15(26)11-30;/h3-6,8-10,12,15H,1-2,7,11,26H2,(H,27,32);1H/t15-;/m1./s1. The highest BCUT2D eigenvalue weighted by molar-refractivity contribution is 5.94. The molecule has 0 radical (unpaired) electrons. The van der Waals surface area contributed by atoms with Gasteiger partial charge in [-0.3, -0.25) is 9.59 Å². The van der Waals surface area contributed by atoms with Crippen LogP contribution in [0, 0.1) is 11.6 Å². The van der Waals surface area contributed by atoms with Gasteiger partial charge in [0.05, 0.1) is 23.0 Å². The molecule has 2 aromatic carbocycles. The van der Waals surface area contributed by atoms with E-state index in [0.717, 1.165) is 25.0 Å². The summed E-state index contributed by atoms with van der Waals surface area (Å²) in [4.78, 5) is 29.5. The van der Waals surface area contributed by atoms with Gasteiger partial charge in [0.2, 0.25) is 0 Å². The van der Waals surface area contributed by atoms with Gasteiger partial charge in [-0.15, -0.1) is 17.5 Å². The second kappa shape index (κ2) is 9.32. The quantitative estimate of drug-likeness (QED) is 0.462. The van der Waals surface area contributed by atoms with Crippen molar-refractivity contribution in [2.75, 3.05) is 13.1 Å². The van der Waals surface area contributed by atoms with Crippen LogP contribution in [0.2, 0.25) is 0 Å². The highest BCUT2D eigenvalue weighted by Crippen LogP contribution is 2.21. The third kappa shape index (κ3) is 4.42. The molecule has 0 unspecified atom stereocenters. The van der Waals surface area contributed by atoms with E-state index in [4.69, 9.17) is 5.73 Å². The normalized spacial score (nSPS) is 15.9. The van der Waals surface area contributed by atoms with E-state index in [1.807, 2.05) is 0 Å². The maximum atomic E-state index is 13.6. The molecule has 0 aliphatic carbocycles. The van der Waals surface area contributed by atoms with Gasteiger partial charge < -0.3 is 15.6 Å². The number of fused-ring (bicyclic) bond motifs is 1. The molecule has 1 amide bonds. The SMILES string of the molecule is Cl.N[C@@H]1CCCN(C(=O)c2ccc(-n3cc(-c4cc5cc(F)c(F)cc5[nH]c4=O)nn3)cc2)C1. The van der Waals surface area contributed by atoms with E-state index in [2.05, 4.69) is 15.3 Å². The second-order valence-corrected chi connectivity index (χ2v) is 8.11. The fraction of sp³-hybridized carbons (Fsp3) is 0.217. The Balaban J connectivity index is 0.00000274. The minimum atomic E-state index is -1.04. The first kappa shape index (κ1) is 23.5. The largest absolute Gasteiger partial charge is 0.337 e. The van der Waals surface area contributed by atoms with Crippen LogP contribution in [0.4, 0.5) is 8.78 Å². The molecule has 8 nitrogen and oxygen atoms in total. The molecule has 5 rings (SSSR count). The molecule has 34 heavy (non-hydrogen) atoms. The summed E-state index contributed by atoms with van der Waals surface area (Å²) in [7, 11) is 0. The fourth-order valence-corrected chi connectivity index (χ4v) is 4.04. The van der Waals surface area contributed by atoms with Crippen molar-refractivity contribution >= 4 is 29.2 Å². The summed E-state index contributed by atoms with van der Waals surface area (Å²) in [5, 5.41) is 8.44. The number of nitrogens with two attached hydrogens (primary N) is 1. The predicted octanol–water partition coefficient (Wildman–Crippen LogP) is 3.04. The van der Waals surface area contributed by atoms with E-state index in [1.165, 1.54) is 10.7 Å². The lowest BCUT2D eigenvalue weighted by atomic mass is 10.1. The first-order chi connectivity index (χ1) is 15.9. The zero-order chi connectivity index (χ0) is 23.1. The number of rotatable bonds is 3. The molecular weight excluding hydrogens is 466 g/mol. The number of carbonyl (C=O) groups is 1. The van der Waals surface area contributed by atoms with Gasteiger partial charge in [-0.05, 0) is 49.2 Å². The Kier molecular flexibility index (Phi) is 6.45. The topological polar surface area (TPSA) is 110 Å². The smallest absolute Gasteiger partial charge is 0.258 e. The van der Waals surface area contributed by atoms with Crippen molar-refractivity contribution in [3.05, 3.63) is 76.2 Å². The van der Waals surface area contributed by atoms with Gasteiger partial charge in [-0.1, -0.05) is 5.21 Å². The Bertz CT molecular complexity index is 1420. The molecule has 0 bridgehead atoms. The van der Waals surface area contributed by atoms with Gasteiger partial charge in [-0.25, -0.2) is 13.5 Å². The Hall–Kier alpha value is -3.63. The molecule has 3 heterocycles. The number of hydrogen-bond acceptors (Lipinski definition) is 5. The molecule has 1 aliphatic rings. The van der Waals surface area contributed by atoms with Gasteiger partial charge in [-0.2, -0.15) is 0 Å². The number of nitrogens with one attached hydrogen (secondary N) is 1. The molecule has 11 heteroatoms. The first-order valence-electron chi connectivity index (χ1n) is 10.5. The van der Waals surface area contributed by atoms with Crippen LogP contribution in [0.25, 0.3) is 27.8 Å². The molecule has 1 atom stereocenters. The average Bonchev–Trinajstić information content (AvgIpc) is 3.29. The summed E-state index contributed by atoms with van der Waals surface area (Å²) in [5.41, 5.74) is 7.30. The Labute approximate surface area is 198 Å². The van der Waals surface area contributed by atoms with Gasteiger partial charge in [0, 0.05) is 36.1 Å². The van der Waals surface area contributed by atoms with Crippen LogP contribution in [0.15, 0.2) is 53.5 Å². The monoisotopic (exact) mass is 486 g/mol. The van der Waals surface area contributed by atoms with E-state index in [-0.39, 0.29) is 41.1 Å². The lowest BCUT2D eigenvalue weighted by molar-refractivity contribution is 0.0709. The maximum Gasteiger partial charge on any atom is 0.258 e. The van der Waals surface area contributed by atoms with Crippen molar-refractivity contribution in [2.45, 2.75) is 18.9 Å². The maximum absolute atomic E-state index is 13.6. The molecule has 3 N–H and O–H groups in total. The number of piperidine rings is 1. The third-order valence-electron chi connectivity index (χ3n) is 5.78. The van der Waals surface area contributed by atoms with Crippen molar-refractivity contribution in [1.29, 1.82) is 0 Å². The number of amides is 1. The van der Waals surface area contributed by atoms with Crippen LogP contribution < -0.4 is 11.3 Å². The Morgan fingerprint density at radius 3 is 2.59 bits per heavy atom. The van der Waals surface area contributed by atoms with E-state index in [0.29, 0.717) is 29.7 Å². The summed E-state index contributed by atoms with van der Waals surface area (Å²) in [6.07, 6.45) is 3.36. The number of halogens is 3. The van der Waals surface area contributed by atoms with Crippen molar-refractivity contribution in [2.24, 2.45) is 5.73 Å². The zero-order valence-corrected chi connectivity index (χ0v) is 18.7. The number of carbonyl (C=O) groups excluding carboxylic acids is 1. The van der Waals surface area contributed by atoms with E-state index in [9.17, 15) is 18.4 Å². The highest BCUT2D eigenvalue weighted by Gasteiger charge is 2.22. The summed E-state index contributed by atoms with van der Waals surface area (Å²) >= 11 is 0. The highest BCUT2D eigenvalue weighted by atomic mass is 35.5. The minimum absolute atomic E-state index is 0. The van der Waals surface area contributed by atoms with Crippen molar-refractivity contribution in [1.82, 2.24) is 24.9 Å². The Morgan fingerprint density at radius 2 is 1.85 bits per heavy atom. The molecule has 4 aromatic rings. The third-order valence-corrected chi connectivity index (χ3v) is 5.78. The minimum Gasteiger partial charge on any atom is -0.337 e. The average molecular weight is 487 g/mol. The van der Waals surface area contributed by atoms with E-state index in [1.54, 1.807) is 35.4 Å².